The molecular formula is C9H5BrINO. The summed E-state index contributed by atoms with van der Waals surface area (Å²) in [7, 11) is 0. The van der Waals surface area contributed by atoms with Gasteiger partial charge in [-0.3, -0.25) is 4.79 Å². The van der Waals surface area contributed by atoms with Crippen LogP contribution in [0.2, 0.25) is 0 Å². The molecule has 2 rings (SSSR count). The average Bonchev–Trinajstić information content (AvgIpc) is 2.12. The number of aromatic nitrogens is 1. The highest BCUT2D eigenvalue weighted by Gasteiger charge is 2.03. The summed E-state index contributed by atoms with van der Waals surface area (Å²) < 4.78 is 1.63. The molecule has 2 aromatic rings. The number of benzene rings is 1. The number of rotatable bonds is 0. The molecule has 0 bridgehead atoms. The van der Waals surface area contributed by atoms with E-state index in [2.05, 4.69) is 43.5 Å². The number of pyridine rings is 1. The van der Waals surface area contributed by atoms with Crippen molar-refractivity contribution in [3.63, 3.8) is 0 Å². The Balaban J connectivity index is 3.03. The van der Waals surface area contributed by atoms with Gasteiger partial charge in [0, 0.05) is 15.2 Å². The lowest BCUT2D eigenvalue weighted by Crippen LogP contribution is -2.03. The third kappa shape index (κ3) is 1.52. The molecule has 1 aromatic heterocycles. The minimum absolute atomic E-state index is 0.0345. The second kappa shape index (κ2) is 3.42. The Kier molecular flexibility index (Phi) is 2.42. The van der Waals surface area contributed by atoms with Gasteiger partial charge < -0.3 is 4.98 Å². The van der Waals surface area contributed by atoms with E-state index in [-0.39, 0.29) is 5.43 Å². The lowest BCUT2D eigenvalue weighted by molar-refractivity contribution is 1.35. The summed E-state index contributed by atoms with van der Waals surface area (Å²) in [4.78, 5) is 14.7. The zero-order chi connectivity index (χ0) is 9.42. The van der Waals surface area contributed by atoms with Gasteiger partial charge in [0.1, 0.15) is 0 Å². The first-order chi connectivity index (χ1) is 6.20. The standard InChI is InChI=1S/C9H5BrINO/c10-6-4-12-8-5(9(6)13)2-1-3-7(8)11/h1-4H,(H,12,13). The lowest BCUT2D eigenvalue weighted by atomic mass is 10.2. The Hall–Kier alpha value is -0.360. The summed E-state index contributed by atoms with van der Waals surface area (Å²) in [6.45, 7) is 0. The normalized spacial score (nSPS) is 10.6. The molecule has 0 aliphatic rings. The van der Waals surface area contributed by atoms with E-state index in [0.717, 1.165) is 14.5 Å². The molecule has 0 saturated carbocycles. The number of hydrogen-bond acceptors (Lipinski definition) is 1. The third-order valence-corrected chi connectivity index (χ3v) is 3.31. The number of nitrogens with one attached hydrogen (secondary N) is 1. The van der Waals surface area contributed by atoms with E-state index in [9.17, 15) is 4.79 Å². The fourth-order valence-corrected chi connectivity index (χ4v) is 2.17. The van der Waals surface area contributed by atoms with Crippen LogP contribution in [0.1, 0.15) is 0 Å². The molecule has 0 aliphatic heterocycles. The first-order valence-corrected chi connectivity index (χ1v) is 5.53. The van der Waals surface area contributed by atoms with E-state index in [1.807, 2.05) is 18.2 Å². The van der Waals surface area contributed by atoms with Crippen molar-refractivity contribution in [1.82, 2.24) is 4.98 Å². The summed E-state index contributed by atoms with van der Waals surface area (Å²) in [5.74, 6) is 0. The van der Waals surface area contributed by atoms with E-state index >= 15 is 0 Å². The van der Waals surface area contributed by atoms with Gasteiger partial charge in [-0.25, -0.2) is 0 Å². The lowest BCUT2D eigenvalue weighted by Gasteiger charge is -1.99. The van der Waals surface area contributed by atoms with Gasteiger partial charge in [-0.05, 0) is 50.7 Å². The molecule has 1 aromatic carbocycles. The van der Waals surface area contributed by atoms with Crippen LogP contribution in [0.25, 0.3) is 10.9 Å². The van der Waals surface area contributed by atoms with Crippen LogP contribution in [0.5, 0.6) is 0 Å². The van der Waals surface area contributed by atoms with E-state index in [4.69, 9.17) is 0 Å². The highest BCUT2D eigenvalue weighted by atomic mass is 127. The molecule has 0 unspecified atom stereocenters. The van der Waals surface area contributed by atoms with Crippen molar-refractivity contribution >= 4 is 49.4 Å². The molecule has 0 amide bonds. The quantitative estimate of drug-likeness (QED) is 0.729. The van der Waals surface area contributed by atoms with Crippen molar-refractivity contribution in [2.75, 3.05) is 0 Å². The molecule has 0 fully saturated rings. The fraction of sp³-hybridized carbons (Fsp3) is 0. The van der Waals surface area contributed by atoms with Crippen LogP contribution in [0.3, 0.4) is 0 Å². The van der Waals surface area contributed by atoms with Gasteiger partial charge in [-0.1, -0.05) is 6.07 Å². The highest BCUT2D eigenvalue weighted by molar-refractivity contribution is 14.1. The van der Waals surface area contributed by atoms with Gasteiger partial charge in [0.25, 0.3) is 0 Å². The fourth-order valence-electron chi connectivity index (χ4n) is 1.19. The second-order valence-corrected chi connectivity index (χ2v) is 4.64. The topological polar surface area (TPSA) is 32.9 Å². The predicted molar refractivity (Wildman–Crippen MR) is 65.0 cm³/mol. The maximum atomic E-state index is 11.6. The predicted octanol–water partition coefficient (Wildman–Crippen LogP) is 2.90. The second-order valence-electron chi connectivity index (χ2n) is 2.63. The molecule has 2 nitrogen and oxygen atoms in total. The minimum atomic E-state index is 0.0345. The van der Waals surface area contributed by atoms with Crippen LogP contribution in [-0.2, 0) is 0 Å². The smallest absolute Gasteiger partial charge is 0.203 e. The van der Waals surface area contributed by atoms with E-state index in [0.29, 0.717) is 4.47 Å². The van der Waals surface area contributed by atoms with E-state index < -0.39 is 0 Å². The van der Waals surface area contributed by atoms with Crippen LogP contribution in [-0.4, -0.2) is 4.98 Å². The Morgan fingerprint density at radius 1 is 1.38 bits per heavy atom. The Bertz CT molecular complexity index is 520. The third-order valence-electron chi connectivity index (χ3n) is 1.82. The van der Waals surface area contributed by atoms with Gasteiger partial charge in [0.15, 0.2) is 0 Å². The van der Waals surface area contributed by atoms with Gasteiger partial charge >= 0.3 is 0 Å². The zero-order valence-electron chi connectivity index (χ0n) is 6.47. The van der Waals surface area contributed by atoms with Crippen molar-refractivity contribution in [2.24, 2.45) is 0 Å². The highest BCUT2D eigenvalue weighted by Crippen LogP contribution is 2.16. The number of fused-ring (bicyclic) bond motifs is 1. The molecule has 0 spiro atoms. The number of para-hydroxylation sites is 1. The van der Waals surface area contributed by atoms with Crippen molar-refractivity contribution in [3.8, 4) is 0 Å². The first-order valence-electron chi connectivity index (χ1n) is 3.65. The molecule has 4 heteroatoms. The van der Waals surface area contributed by atoms with E-state index in [1.165, 1.54) is 0 Å². The molecule has 0 saturated heterocycles. The van der Waals surface area contributed by atoms with Gasteiger partial charge in [-0.15, -0.1) is 0 Å². The molecule has 0 atom stereocenters. The van der Waals surface area contributed by atoms with Gasteiger partial charge in [-0.2, -0.15) is 0 Å². The summed E-state index contributed by atoms with van der Waals surface area (Å²) in [5, 5.41) is 0.723. The maximum absolute atomic E-state index is 11.6. The molecule has 0 radical (unpaired) electrons. The molecular weight excluding hydrogens is 345 g/mol. The number of hydrogen-bond donors (Lipinski definition) is 1. The summed E-state index contributed by atoms with van der Waals surface area (Å²) in [6, 6.07) is 5.67. The van der Waals surface area contributed by atoms with Crippen molar-refractivity contribution < 1.29 is 0 Å². The van der Waals surface area contributed by atoms with Crippen LogP contribution >= 0.6 is 38.5 Å². The minimum Gasteiger partial charge on any atom is -0.359 e. The summed E-state index contributed by atoms with van der Waals surface area (Å²) in [6.07, 6.45) is 1.67. The number of aromatic amines is 1. The monoisotopic (exact) mass is 349 g/mol. The van der Waals surface area contributed by atoms with Crippen molar-refractivity contribution in [1.29, 1.82) is 0 Å². The van der Waals surface area contributed by atoms with Crippen molar-refractivity contribution in [3.05, 3.63) is 42.7 Å². The molecule has 13 heavy (non-hydrogen) atoms. The van der Waals surface area contributed by atoms with Gasteiger partial charge in [0.2, 0.25) is 5.43 Å². The molecule has 0 aliphatic carbocycles. The molecule has 66 valence electrons. The Morgan fingerprint density at radius 2 is 2.15 bits per heavy atom. The summed E-state index contributed by atoms with van der Waals surface area (Å²) >= 11 is 5.40. The van der Waals surface area contributed by atoms with Crippen LogP contribution in [0, 0.1) is 3.57 Å². The molecule has 1 heterocycles. The first kappa shape index (κ1) is 9.21. The zero-order valence-corrected chi connectivity index (χ0v) is 10.2. The average molecular weight is 350 g/mol. The van der Waals surface area contributed by atoms with Crippen LogP contribution in [0.4, 0.5) is 0 Å². The molecule has 1 N–H and O–H groups in total. The Labute approximate surface area is 96.6 Å². The number of H-pyrrole nitrogens is 1. The number of halogens is 2. The summed E-state index contributed by atoms with van der Waals surface area (Å²) in [5.41, 5.74) is 0.934. The Morgan fingerprint density at radius 3 is 2.92 bits per heavy atom. The van der Waals surface area contributed by atoms with Crippen molar-refractivity contribution in [2.45, 2.75) is 0 Å². The SMILES string of the molecule is O=c1c(Br)c[nH]c2c(I)cccc12. The largest absolute Gasteiger partial charge is 0.359 e. The van der Waals surface area contributed by atoms with Crippen LogP contribution in [0.15, 0.2) is 33.7 Å². The van der Waals surface area contributed by atoms with Gasteiger partial charge in [0.05, 0.1) is 9.99 Å². The maximum Gasteiger partial charge on any atom is 0.203 e. The van der Waals surface area contributed by atoms with Crippen LogP contribution < -0.4 is 5.43 Å². The van der Waals surface area contributed by atoms with E-state index in [1.54, 1.807) is 6.20 Å².